The number of likely N-dealkylation sites (N-methyl/N-ethyl adjacent to an activating group) is 1. The number of hydrogen-bond donors (Lipinski definition) is 1. The third kappa shape index (κ3) is 4.22. The molecule has 1 N–H and O–H groups in total. The number of nitrogens with one attached hydrogen (secondary N) is 1. The summed E-state index contributed by atoms with van der Waals surface area (Å²) < 4.78 is 11.2. The van der Waals surface area contributed by atoms with Crippen LogP contribution >= 0.6 is 0 Å². The molecule has 1 aliphatic rings. The molecule has 0 aromatic heterocycles. The Balaban J connectivity index is 1.87. The molecule has 20 heavy (non-hydrogen) atoms. The van der Waals surface area contributed by atoms with Crippen molar-refractivity contribution in [1.29, 1.82) is 0 Å². The molecule has 1 aliphatic heterocycles. The number of aryl methyl sites for hydroxylation is 1. The average molecular weight is 277 g/mol. The van der Waals surface area contributed by atoms with Crippen molar-refractivity contribution in [2.45, 2.75) is 57.8 Å². The standard InChI is InChI=1S/C17H27NO2/c1-4-18-16(17-12-5-13(2)20-17)11-8-14-6-9-15(19-3)10-7-14/h6-7,9-10,13,16-18H,4-5,8,11-12H2,1-3H3. The Morgan fingerprint density at radius 3 is 2.60 bits per heavy atom. The highest BCUT2D eigenvalue weighted by Crippen LogP contribution is 2.24. The van der Waals surface area contributed by atoms with Crippen molar-refractivity contribution in [3.8, 4) is 5.75 Å². The number of rotatable bonds is 7. The van der Waals surface area contributed by atoms with E-state index in [-0.39, 0.29) is 0 Å². The predicted octanol–water partition coefficient (Wildman–Crippen LogP) is 3.17. The predicted molar refractivity (Wildman–Crippen MR) is 82.3 cm³/mol. The minimum atomic E-state index is 0.378. The summed E-state index contributed by atoms with van der Waals surface area (Å²) in [5, 5.41) is 3.59. The number of ether oxygens (including phenoxy) is 2. The van der Waals surface area contributed by atoms with E-state index in [2.05, 4.69) is 31.3 Å². The van der Waals surface area contributed by atoms with Gasteiger partial charge in [-0.3, -0.25) is 0 Å². The largest absolute Gasteiger partial charge is 0.497 e. The number of methoxy groups -OCH3 is 1. The molecule has 1 aromatic carbocycles. The van der Waals surface area contributed by atoms with Crippen molar-refractivity contribution >= 4 is 0 Å². The van der Waals surface area contributed by atoms with Crippen LogP contribution in [-0.2, 0) is 11.2 Å². The first-order valence-corrected chi connectivity index (χ1v) is 7.74. The normalized spacial score (nSPS) is 23.8. The quantitative estimate of drug-likeness (QED) is 0.830. The molecule has 3 unspecified atom stereocenters. The lowest BCUT2D eigenvalue weighted by molar-refractivity contribution is 0.0305. The first-order chi connectivity index (χ1) is 9.72. The maximum atomic E-state index is 6.02. The van der Waals surface area contributed by atoms with Gasteiger partial charge in [0.2, 0.25) is 0 Å². The summed E-state index contributed by atoms with van der Waals surface area (Å²) in [5.74, 6) is 0.921. The van der Waals surface area contributed by atoms with E-state index in [1.807, 2.05) is 12.1 Å². The van der Waals surface area contributed by atoms with Crippen molar-refractivity contribution in [3.05, 3.63) is 29.8 Å². The highest BCUT2D eigenvalue weighted by atomic mass is 16.5. The van der Waals surface area contributed by atoms with Crippen molar-refractivity contribution in [3.63, 3.8) is 0 Å². The van der Waals surface area contributed by atoms with Crippen LogP contribution in [0.25, 0.3) is 0 Å². The molecule has 112 valence electrons. The topological polar surface area (TPSA) is 30.5 Å². The van der Waals surface area contributed by atoms with Crippen LogP contribution in [0.5, 0.6) is 5.75 Å². The fourth-order valence-corrected chi connectivity index (χ4v) is 2.93. The second-order valence-electron chi connectivity index (χ2n) is 5.61. The van der Waals surface area contributed by atoms with E-state index < -0.39 is 0 Å². The lowest BCUT2D eigenvalue weighted by atomic mass is 9.99. The highest BCUT2D eigenvalue weighted by molar-refractivity contribution is 5.27. The lowest BCUT2D eigenvalue weighted by Crippen LogP contribution is -2.40. The Kier molecular flexibility index (Phi) is 5.86. The Bertz CT molecular complexity index is 390. The third-order valence-electron chi connectivity index (χ3n) is 4.08. The zero-order valence-corrected chi connectivity index (χ0v) is 12.9. The fourth-order valence-electron chi connectivity index (χ4n) is 2.93. The zero-order chi connectivity index (χ0) is 14.4. The van der Waals surface area contributed by atoms with Gasteiger partial charge in [0.15, 0.2) is 0 Å². The van der Waals surface area contributed by atoms with E-state index >= 15 is 0 Å². The van der Waals surface area contributed by atoms with Crippen LogP contribution in [0.3, 0.4) is 0 Å². The van der Waals surface area contributed by atoms with Gasteiger partial charge in [0, 0.05) is 6.04 Å². The monoisotopic (exact) mass is 277 g/mol. The maximum absolute atomic E-state index is 6.02. The van der Waals surface area contributed by atoms with Crippen LogP contribution in [0.1, 0.15) is 38.7 Å². The second kappa shape index (κ2) is 7.65. The molecule has 0 radical (unpaired) electrons. The molecule has 0 bridgehead atoms. The van der Waals surface area contributed by atoms with Gasteiger partial charge in [-0.05, 0) is 56.8 Å². The SMILES string of the molecule is CCNC(CCc1ccc(OC)cc1)C1CCC(C)O1. The molecular formula is C17H27NO2. The van der Waals surface area contributed by atoms with Gasteiger partial charge < -0.3 is 14.8 Å². The molecule has 0 saturated carbocycles. The molecule has 1 aromatic rings. The van der Waals surface area contributed by atoms with Crippen LogP contribution < -0.4 is 10.1 Å². The molecule has 3 atom stereocenters. The summed E-state index contributed by atoms with van der Waals surface area (Å²) in [6, 6.07) is 8.84. The summed E-state index contributed by atoms with van der Waals surface area (Å²) >= 11 is 0. The summed E-state index contributed by atoms with van der Waals surface area (Å²) in [4.78, 5) is 0. The van der Waals surface area contributed by atoms with Gasteiger partial charge in [-0.25, -0.2) is 0 Å². The van der Waals surface area contributed by atoms with E-state index in [1.54, 1.807) is 7.11 Å². The van der Waals surface area contributed by atoms with E-state index in [9.17, 15) is 0 Å². The van der Waals surface area contributed by atoms with Gasteiger partial charge in [-0.2, -0.15) is 0 Å². The Labute approximate surface area is 122 Å². The van der Waals surface area contributed by atoms with E-state index in [0.717, 1.165) is 25.1 Å². The van der Waals surface area contributed by atoms with Crippen molar-refractivity contribution in [1.82, 2.24) is 5.32 Å². The third-order valence-corrected chi connectivity index (χ3v) is 4.08. The molecule has 0 spiro atoms. The van der Waals surface area contributed by atoms with Gasteiger partial charge >= 0.3 is 0 Å². The molecule has 0 amide bonds. The molecule has 1 fully saturated rings. The molecule has 3 nitrogen and oxygen atoms in total. The van der Waals surface area contributed by atoms with Gasteiger partial charge in [0.05, 0.1) is 19.3 Å². The first-order valence-electron chi connectivity index (χ1n) is 7.74. The molecule has 0 aliphatic carbocycles. The van der Waals surface area contributed by atoms with Gasteiger partial charge in [-0.15, -0.1) is 0 Å². The molecule has 2 rings (SSSR count). The summed E-state index contributed by atoms with van der Waals surface area (Å²) in [6.07, 6.45) is 5.37. The summed E-state index contributed by atoms with van der Waals surface area (Å²) in [7, 11) is 1.70. The smallest absolute Gasteiger partial charge is 0.118 e. The van der Waals surface area contributed by atoms with E-state index in [1.165, 1.54) is 18.4 Å². The molecule has 3 heteroatoms. The summed E-state index contributed by atoms with van der Waals surface area (Å²) in [6.45, 7) is 5.34. The van der Waals surface area contributed by atoms with E-state index in [4.69, 9.17) is 9.47 Å². The second-order valence-corrected chi connectivity index (χ2v) is 5.61. The first kappa shape index (κ1) is 15.3. The van der Waals surface area contributed by atoms with Gasteiger partial charge in [-0.1, -0.05) is 19.1 Å². The van der Waals surface area contributed by atoms with E-state index in [0.29, 0.717) is 18.2 Å². The van der Waals surface area contributed by atoms with Crippen LogP contribution in [0, 0.1) is 0 Å². The van der Waals surface area contributed by atoms with Crippen molar-refractivity contribution in [2.24, 2.45) is 0 Å². The Morgan fingerprint density at radius 1 is 1.30 bits per heavy atom. The highest BCUT2D eigenvalue weighted by Gasteiger charge is 2.28. The minimum absolute atomic E-state index is 0.378. The van der Waals surface area contributed by atoms with Crippen LogP contribution in [-0.4, -0.2) is 31.9 Å². The van der Waals surface area contributed by atoms with Crippen molar-refractivity contribution < 1.29 is 9.47 Å². The van der Waals surface area contributed by atoms with Crippen LogP contribution in [0.4, 0.5) is 0 Å². The van der Waals surface area contributed by atoms with Crippen LogP contribution in [0.15, 0.2) is 24.3 Å². The Morgan fingerprint density at radius 2 is 2.05 bits per heavy atom. The van der Waals surface area contributed by atoms with Crippen LogP contribution in [0.2, 0.25) is 0 Å². The zero-order valence-electron chi connectivity index (χ0n) is 12.9. The van der Waals surface area contributed by atoms with Gasteiger partial charge in [0.1, 0.15) is 5.75 Å². The summed E-state index contributed by atoms with van der Waals surface area (Å²) in [5.41, 5.74) is 1.36. The van der Waals surface area contributed by atoms with Crippen molar-refractivity contribution in [2.75, 3.05) is 13.7 Å². The molecule has 1 saturated heterocycles. The number of hydrogen-bond acceptors (Lipinski definition) is 3. The Hall–Kier alpha value is -1.06. The number of benzene rings is 1. The maximum Gasteiger partial charge on any atom is 0.118 e. The minimum Gasteiger partial charge on any atom is -0.497 e. The molecule has 1 heterocycles. The average Bonchev–Trinajstić information content (AvgIpc) is 2.90. The fraction of sp³-hybridized carbons (Fsp3) is 0.647. The molecular weight excluding hydrogens is 250 g/mol. The lowest BCUT2D eigenvalue weighted by Gasteiger charge is -2.24. The van der Waals surface area contributed by atoms with Gasteiger partial charge in [0.25, 0.3) is 0 Å².